The molecule has 3 rings (SSSR count). The highest BCUT2D eigenvalue weighted by Gasteiger charge is 2.55. The van der Waals surface area contributed by atoms with Gasteiger partial charge >= 0.3 is 0 Å². The Labute approximate surface area is 160 Å². The second kappa shape index (κ2) is 7.68. The van der Waals surface area contributed by atoms with Gasteiger partial charge in [0, 0.05) is 44.5 Å². The maximum atomic E-state index is 13.2. The molecule has 0 aromatic heterocycles. The van der Waals surface area contributed by atoms with Crippen LogP contribution in [0.25, 0.3) is 0 Å². The van der Waals surface area contributed by atoms with Crippen molar-refractivity contribution in [3.05, 3.63) is 36.1 Å². The van der Waals surface area contributed by atoms with Crippen LogP contribution in [0.2, 0.25) is 0 Å². The second-order valence-electron chi connectivity index (χ2n) is 7.44. The summed E-state index contributed by atoms with van der Waals surface area (Å²) in [5.74, 6) is -0.954. The molecule has 0 saturated carbocycles. The first-order valence-corrected chi connectivity index (χ1v) is 9.52. The molecule has 0 spiro atoms. The first-order chi connectivity index (χ1) is 12.9. The third kappa shape index (κ3) is 3.32. The van der Waals surface area contributed by atoms with Gasteiger partial charge in [-0.25, -0.2) is 0 Å². The molecular weight excluding hydrogens is 344 g/mol. The first-order valence-electron chi connectivity index (χ1n) is 9.52. The van der Waals surface area contributed by atoms with Crippen LogP contribution in [0.1, 0.15) is 26.2 Å². The highest BCUT2D eigenvalue weighted by atomic mass is 16.2. The zero-order valence-electron chi connectivity index (χ0n) is 16.1. The number of rotatable bonds is 6. The van der Waals surface area contributed by atoms with Crippen molar-refractivity contribution in [2.45, 2.75) is 32.2 Å². The summed E-state index contributed by atoms with van der Waals surface area (Å²) in [6, 6.07) is -0.807. The van der Waals surface area contributed by atoms with E-state index in [1.54, 1.807) is 13.0 Å². The van der Waals surface area contributed by atoms with Gasteiger partial charge in [-0.15, -0.1) is 6.58 Å². The molecule has 3 aliphatic rings. The minimum atomic E-state index is -0.894. The number of imide groups is 1. The van der Waals surface area contributed by atoms with Crippen LogP contribution in [0.5, 0.6) is 0 Å². The monoisotopic (exact) mass is 372 g/mol. The standard InChI is InChI=1S/C20H28N4O3/c1-4-5-6-16(17(25)21-3)24-18(26)15-13-14(23-11-9-22-10-12-23)7-8-20(15,2)19(24)27/h4,7,13,16,22H,1,5-6,8-12H2,2-3H3,(H,21,25). The molecule has 2 heterocycles. The normalized spacial score (nSPS) is 26.3. The number of carbonyl (C=O) groups is 3. The van der Waals surface area contributed by atoms with Crippen molar-refractivity contribution in [2.24, 2.45) is 5.41 Å². The molecule has 0 bridgehead atoms. The number of nitrogens with one attached hydrogen (secondary N) is 2. The van der Waals surface area contributed by atoms with Crippen LogP contribution in [-0.2, 0) is 14.4 Å². The van der Waals surface area contributed by atoms with E-state index in [2.05, 4.69) is 22.1 Å². The van der Waals surface area contributed by atoms with Gasteiger partial charge in [0.15, 0.2) is 0 Å². The number of likely N-dealkylation sites (tertiary alicyclic amines) is 1. The van der Waals surface area contributed by atoms with Crippen LogP contribution in [0.15, 0.2) is 36.1 Å². The van der Waals surface area contributed by atoms with Crippen LogP contribution in [0.4, 0.5) is 0 Å². The van der Waals surface area contributed by atoms with E-state index >= 15 is 0 Å². The molecule has 2 N–H and O–H groups in total. The summed E-state index contributed by atoms with van der Waals surface area (Å²) in [5, 5.41) is 5.89. The van der Waals surface area contributed by atoms with Gasteiger partial charge in [0.2, 0.25) is 11.8 Å². The number of nitrogens with zero attached hydrogens (tertiary/aromatic N) is 2. The smallest absolute Gasteiger partial charge is 0.258 e. The van der Waals surface area contributed by atoms with Gasteiger partial charge in [0.1, 0.15) is 6.04 Å². The quantitative estimate of drug-likeness (QED) is 0.526. The zero-order valence-corrected chi connectivity index (χ0v) is 16.1. The fourth-order valence-corrected chi connectivity index (χ4v) is 4.02. The summed E-state index contributed by atoms with van der Waals surface area (Å²) >= 11 is 0. The highest BCUT2D eigenvalue weighted by molar-refractivity contribution is 6.19. The van der Waals surface area contributed by atoms with Crippen LogP contribution in [0.3, 0.4) is 0 Å². The lowest BCUT2D eigenvalue weighted by atomic mass is 9.77. The zero-order chi connectivity index (χ0) is 19.6. The summed E-state index contributed by atoms with van der Waals surface area (Å²) in [6.07, 6.45) is 6.99. The van der Waals surface area contributed by atoms with Gasteiger partial charge in [0.05, 0.1) is 5.41 Å². The van der Waals surface area contributed by atoms with E-state index in [4.69, 9.17) is 0 Å². The van der Waals surface area contributed by atoms with Gasteiger partial charge in [-0.05, 0) is 32.3 Å². The lowest BCUT2D eigenvalue weighted by molar-refractivity contribution is -0.148. The largest absolute Gasteiger partial charge is 0.369 e. The Morgan fingerprint density at radius 1 is 1.41 bits per heavy atom. The number of amides is 3. The molecule has 7 heteroatoms. The third-order valence-electron chi connectivity index (χ3n) is 5.73. The van der Waals surface area contributed by atoms with E-state index in [1.807, 2.05) is 12.2 Å². The molecule has 3 amide bonds. The van der Waals surface area contributed by atoms with Gasteiger partial charge in [-0.3, -0.25) is 19.3 Å². The van der Waals surface area contributed by atoms with Crippen molar-refractivity contribution >= 4 is 17.7 Å². The lowest BCUT2D eigenvalue weighted by Crippen LogP contribution is -2.49. The number of carbonyl (C=O) groups excluding carboxylic acids is 3. The minimum absolute atomic E-state index is 0.285. The first kappa shape index (κ1) is 19.4. The minimum Gasteiger partial charge on any atom is -0.369 e. The average molecular weight is 372 g/mol. The Morgan fingerprint density at radius 2 is 2.11 bits per heavy atom. The van der Waals surface area contributed by atoms with Gasteiger partial charge in [-0.1, -0.05) is 12.2 Å². The van der Waals surface area contributed by atoms with Gasteiger partial charge in [0.25, 0.3) is 5.91 Å². The van der Waals surface area contributed by atoms with E-state index < -0.39 is 11.5 Å². The Bertz CT molecular complexity index is 721. The molecule has 2 unspecified atom stereocenters. The molecule has 2 atom stereocenters. The van der Waals surface area contributed by atoms with E-state index in [1.165, 1.54) is 11.9 Å². The third-order valence-corrected chi connectivity index (χ3v) is 5.73. The SMILES string of the molecule is C=CCCC(C(=O)NC)N1C(=O)C2=CC(N3CCNCC3)=CCC2(C)C1=O. The molecule has 2 aliphatic heterocycles. The summed E-state index contributed by atoms with van der Waals surface area (Å²) in [5.41, 5.74) is 0.598. The Balaban J connectivity index is 1.91. The van der Waals surface area contributed by atoms with Crippen molar-refractivity contribution in [1.82, 2.24) is 20.4 Å². The van der Waals surface area contributed by atoms with Crippen molar-refractivity contribution < 1.29 is 14.4 Å². The van der Waals surface area contributed by atoms with E-state index in [-0.39, 0.29) is 17.7 Å². The van der Waals surface area contributed by atoms with Gasteiger partial charge < -0.3 is 15.5 Å². The number of likely N-dealkylation sites (N-methyl/N-ethyl adjacent to an activating group) is 1. The number of hydrogen-bond acceptors (Lipinski definition) is 5. The molecular formula is C20H28N4O3. The molecule has 2 fully saturated rings. The summed E-state index contributed by atoms with van der Waals surface area (Å²) in [7, 11) is 1.52. The van der Waals surface area contributed by atoms with Crippen LogP contribution in [-0.4, -0.2) is 66.8 Å². The molecule has 1 aliphatic carbocycles. The number of fused-ring (bicyclic) bond motifs is 1. The molecule has 146 valence electrons. The van der Waals surface area contributed by atoms with E-state index in [9.17, 15) is 14.4 Å². The summed E-state index contributed by atoms with van der Waals surface area (Å²) in [6.45, 7) is 9.03. The number of piperazine rings is 1. The fraction of sp³-hybridized carbons (Fsp3) is 0.550. The Morgan fingerprint density at radius 3 is 2.74 bits per heavy atom. The molecule has 0 radical (unpaired) electrons. The number of allylic oxidation sites excluding steroid dienone is 3. The summed E-state index contributed by atoms with van der Waals surface area (Å²) < 4.78 is 0. The maximum Gasteiger partial charge on any atom is 0.258 e. The highest BCUT2D eigenvalue weighted by Crippen LogP contribution is 2.45. The Kier molecular flexibility index (Phi) is 5.51. The van der Waals surface area contributed by atoms with Crippen LogP contribution in [0, 0.1) is 5.41 Å². The molecule has 0 aromatic carbocycles. The number of hydrogen-bond donors (Lipinski definition) is 2. The summed E-state index contributed by atoms with van der Waals surface area (Å²) in [4.78, 5) is 42.1. The molecule has 7 nitrogen and oxygen atoms in total. The molecule has 0 aromatic rings. The van der Waals surface area contributed by atoms with Crippen LogP contribution < -0.4 is 10.6 Å². The predicted octanol–water partition coefficient (Wildman–Crippen LogP) is 0.562. The molecule has 2 saturated heterocycles. The second-order valence-corrected chi connectivity index (χ2v) is 7.44. The molecule has 27 heavy (non-hydrogen) atoms. The van der Waals surface area contributed by atoms with E-state index in [0.29, 0.717) is 24.8 Å². The van der Waals surface area contributed by atoms with Crippen LogP contribution >= 0.6 is 0 Å². The topological polar surface area (TPSA) is 81.8 Å². The van der Waals surface area contributed by atoms with Crippen molar-refractivity contribution in [1.29, 1.82) is 0 Å². The van der Waals surface area contributed by atoms with Crippen molar-refractivity contribution in [3.63, 3.8) is 0 Å². The van der Waals surface area contributed by atoms with Gasteiger partial charge in [-0.2, -0.15) is 0 Å². The van der Waals surface area contributed by atoms with E-state index in [0.717, 1.165) is 31.9 Å². The lowest BCUT2D eigenvalue weighted by Gasteiger charge is -2.34. The van der Waals surface area contributed by atoms with Crippen molar-refractivity contribution in [2.75, 3.05) is 33.2 Å². The van der Waals surface area contributed by atoms with Crippen molar-refractivity contribution in [3.8, 4) is 0 Å². The Hall–Kier alpha value is -2.41. The fourth-order valence-electron chi connectivity index (χ4n) is 4.02. The average Bonchev–Trinajstić information content (AvgIpc) is 2.89. The maximum absolute atomic E-state index is 13.2. The predicted molar refractivity (Wildman–Crippen MR) is 102 cm³/mol.